The van der Waals surface area contributed by atoms with Crippen LogP contribution in [0.3, 0.4) is 0 Å². The van der Waals surface area contributed by atoms with E-state index in [1.807, 2.05) is 22.4 Å². The standard InChI is InChI=1S/C19H18N2O2S/c1-19(2)12-23-17(10-22)21(19)18-20-16(11-24-18)15-8-7-13-5-3-4-6-14(13)9-15/h3-11,17H,12H2,1-2H3. The van der Waals surface area contributed by atoms with E-state index in [1.165, 1.54) is 10.8 Å². The zero-order valence-corrected chi connectivity index (χ0v) is 14.4. The van der Waals surface area contributed by atoms with Crippen LogP contribution in [0.1, 0.15) is 13.8 Å². The number of anilines is 1. The van der Waals surface area contributed by atoms with Crippen molar-refractivity contribution in [3.8, 4) is 11.3 Å². The third-order valence-corrected chi connectivity index (χ3v) is 5.21. The lowest BCUT2D eigenvalue weighted by Crippen LogP contribution is -2.45. The van der Waals surface area contributed by atoms with Gasteiger partial charge in [-0.25, -0.2) is 4.98 Å². The van der Waals surface area contributed by atoms with Gasteiger partial charge in [0.2, 0.25) is 0 Å². The summed E-state index contributed by atoms with van der Waals surface area (Å²) in [5.74, 6) is 0. The molecule has 122 valence electrons. The summed E-state index contributed by atoms with van der Waals surface area (Å²) in [6.07, 6.45) is 0.280. The number of thiazole rings is 1. The van der Waals surface area contributed by atoms with Gasteiger partial charge in [0.25, 0.3) is 0 Å². The summed E-state index contributed by atoms with van der Waals surface area (Å²) in [5, 5.41) is 5.26. The summed E-state index contributed by atoms with van der Waals surface area (Å²) >= 11 is 1.54. The molecule has 0 amide bonds. The Balaban J connectivity index is 1.72. The van der Waals surface area contributed by atoms with Gasteiger partial charge in [0.1, 0.15) is 0 Å². The van der Waals surface area contributed by atoms with Crippen LogP contribution in [0.15, 0.2) is 47.8 Å². The number of hydrogen-bond acceptors (Lipinski definition) is 5. The van der Waals surface area contributed by atoms with Crippen LogP contribution in [0, 0.1) is 0 Å². The van der Waals surface area contributed by atoms with Gasteiger partial charge >= 0.3 is 0 Å². The lowest BCUT2D eigenvalue weighted by Gasteiger charge is -2.30. The van der Waals surface area contributed by atoms with Crippen LogP contribution < -0.4 is 4.90 Å². The molecule has 24 heavy (non-hydrogen) atoms. The number of aldehydes is 1. The van der Waals surface area contributed by atoms with Crippen LogP contribution in [0.25, 0.3) is 22.0 Å². The van der Waals surface area contributed by atoms with Gasteiger partial charge in [0, 0.05) is 10.9 Å². The largest absolute Gasteiger partial charge is 0.349 e. The number of rotatable bonds is 3. The fourth-order valence-electron chi connectivity index (χ4n) is 3.10. The average Bonchev–Trinajstić information content (AvgIpc) is 3.18. The monoisotopic (exact) mass is 338 g/mol. The number of ether oxygens (including phenoxy) is 1. The predicted octanol–water partition coefficient (Wildman–Crippen LogP) is 4.10. The number of benzene rings is 2. The minimum atomic E-state index is -0.560. The van der Waals surface area contributed by atoms with E-state index in [0.717, 1.165) is 22.7 Å². The van der Waals surface area contributed by atoms with Crippen LogP contribution in [-0.2, 0) is 9.53 Å². The first-order valence-corrected chi connectivity index (χ1v) is 8.77. The van der Waals surface area contributed by atoms with E-state index in [2.05, 4.69) is 44.2 Å². The lowest BCUT2D eigenvalue weighted by atomic mass is 10.1. The van der Waals surface area contributed by atoms with Gasteiger partial charge in [-0.1, -0.05) is 36.4 Å². The highest BCUT2D eigenvalue weighted by molar-refractivity contribution is 7.14. The van der Waals surface area contributed by atoms with Gasteiger partial charge in [0.05, 0.1) is 17.8 Å². The first kappa shape index (κ1) is 15.3. The van der Waals surface area contributed by atoms with Gasteiger partial charge in [0.15, 0.2) is 17.6 Å². The third kappa shape index (κ3) is 2.50. The molecule has 1 aliphatic heterocycles. The Hall–Kier alpha value is -2.24. The van der Waals surface area contributed by atoms with Gasteiger partial charge < -0.3 is 9.64 Å². The second-order valence-corrected chi connectivity index (χ2v) is 7.43. The molecule has 0 N–H and O–H groups in total. The summed E-state index contributed by atoms with van der Waals surface area (Å²) in [6.45, 7) is 4.64. The van der Waals surface area contributed by atoms with Crippen molar-refractivity contribution in [1.82, 2.24) is 4.98 Å². The van der Waals surface area contributed by atoms with Crippen molar-refractivity contribution in [3.05, 3.63) is 47.8 Å². The molecule has 4 rings (SSSR count). The fourth-order valence-corrected chi connectivity index (χ4v) is 4.12. The molecule has 3 aromatic rings. The molecular formula is C19H18N2O2S. The second-order valence-electron chi connectivity index (χ2n) is 6.60. The smallest absolute Gasteiger partial charge is 0.189 e. The van der Waals surface area contributed by atoms with E-state index in [9.17, 15) is 4.79 Å². The minimum absolute atomic E-state index is 0.246. The lowest BCUT2D eigenvalue weighted by molar-refractivity contribution is -0.115. The van der Waals surface area contributed by atoms with Gasteiger partial charge in [-0.3, -0.25) is 4.79 Å². The molecule has 1 unspecified atom stereocenters. The van der Waals surface area contributed by atoms with Gasteiger partial charge in [-0.05, 0) is 30.7 Å². The van der Waals surface area contributed by atoms with Crippen molar-refractivity contribution >= 4 is 33.5 Å². The van der Waals surface area contributed by atoms with Crippen molar-refractivity contribution in [3.63, 3.8) is 0 Å². The number of fused-ring (bicyclic) bond motifs is 1. The first-order valence-electron chi connectivity index (χ1n) is 7.89. The highest BCUT2D eigenvalue weighted by Crippen LogP contribution is 2.36. The summed E-state index contributed by atoms with van der Waals surface area (Å²) in [7, 11) is 0. The van der Waals surface area contributed by atoms with Crippen molar-refractivity contribution < 1.29 is 9.53 Å². The van der Waals surface area contributed by atoms with E-state index in [-0.39, 0.29) is 5.54 Å². The van der Waals surface area contributed by atoms with Crippen LogP contribution >= 0.6 is 11.3 Å². The van der Waals surface area contributed by atoms with E-state index in [1.54, 1.807) is 11.3 Å². The van der Waals surface area contributed by atoms with E-state index >= 15 is 0 Å². The summed E-state index contributed by atoms with van der Waals surface area (Å²) in [4.78, 5) is 18.0. The molecule has 1 saturated heterocycles. The zero-order valence-electron chi connectivity index (χ0n) is 13.6. The fraction of sp³-hybridized carbons (Fsp3) is 0.263. The maximum absolute atomic E-state index is 11.3. The summed E-state index contributed by atoms with van der Waals surface area (Å²) < 4.78 is 5.58. The molecule has 1 fully saturated rings. The molecule has 2 heterocycles. The highest BCUT2D eigenvalue weighted by atomic mass is 32.1. The van der Waals surface area contributed by atoms with E-state index < -0.39 is 6.23 Å². The Bertz CT molecular complexity index is 903. The minimum Gasteiger partial charge on any atom is -0.349 e. The summed E-state index contributed by atoms with van der Waals surface area (Å²) in [6, 6.07) is 14.6. The molecule has 2 aromatic carbocycles. The Kier molecular flexibility index (Phi) is 3.62. The Morgan fingerprint density at radius 2 is 2.04 bits per heavy atom. The normalized spacial score (nSPS) is 19.8. The molecule has 0 radical (unpaired) electrons. The molecule has 4 nitrogen and oxygen atoms in total. The molecule has 0 bridgehead atoms. The molecule has 1 aliphatic rings. The Labute approximate surface area is 144 Å². The second kappa shape index (κ2) is 5.69. The van der Waals surface area contributed by atoms with Crippen LogP contribution in [-0.4, -0.2) is 29.6 Å². The maximum Gasteiger partial charge on any atom is 0.189 e. The first-order chi connectivity index (χ1) is 11.6. The molecule has 1 atom stereocenters. The average molecular weight is 338 g/mol. The summed E-state index contributed by atoms with van der Waals surface area (Å²) in [5.41, 5.74) is 1.76. The number of hydrogen-bond donors (Lipinski definition) is 0. The van der Waals surface area contributed by atoms with Crippen molar-refractivity contribution in [2.75, 3.05) is 11.5 Å². The van der Waals surface area contributed by atoms with Gasteiger partial charge in [-0.15, -0.1) is 11.3 Å². The van der Waals surface area contributed by atoms with Crippen molar-refractivity contribution in [1.29, 1.82) is 0 Å². The predicted molar refractivity (Wildman–Crippen MR) is 97.4 cm³/mol. The zero-order chi connectivity index (χ0) is 16.7. The number of carbonyl (C=O) groups is 1. The van der Waals surface area contributed by atoms with Crippen LogP contribution in [0.2, 0.25) is 0 Å². The van der Waals surface area contributed by atoms with Crippen LogP contribution in [0.5, 0.6) is 0 Å². The molecule has 5 heteroatoms. The van der Waals surface area contributed by atoms with E-state index in [0.29, 0.717) is 6.61 Å². The van der Waals surface area contributed by atoms with Crippen LogP contribution in [0.4, 0.5) is 5.13 Å². The molecule has 1 aromatic heterocycles. The maximum atomic E-state index is 11.3. The quantitative estimate of drug-likeness (QED) is 0.674. The SMILES string of the molecule is CC1(C)COC(C=O)N1c1nc(-c2ccc3ccccc3c2)cs1. The molecule has 0 saturated carbocycles. The molecule has 0 spiro atoms. The third-order valence-electron chi connectivity index (χ3n) is 4.37. The molecular weight excluding hydrogens is 320 g/mol. The topological polar surface area (TPSA) is 42.4 Å². The Morgan fingerprint density at radius 1 is 1.25 bits per heavy atom. The van der Waals surface area contributed by atoms with Crippen molar-refractivity contribution in [2.24, 2.45) is 0 Å². The molecule has 0 aliphatic carbocycles. The van der Waals surface area contributed by atoms with Gasteiger partial charge in [-0.2, -0.15) is 0 Å². The number of nitrogens with zero attached hydrogens (tertiary/aromatic N) is 2. The Morgan fingerprint density at radius 3 is 2.83 bits per heavy atom. The van der Waals surface area contributed by atoms with Crippen molar-refractivity contribution in [2.45, 2.75) is 25.6 Å². The highest BCUT2D eigenvalue weighted by Gasteiger charge is 2.42. The number of aromatic nitrogens is 1. The number of carbonyl (C=O) groups excluding carboxylic acids is 1. The van der Waals surface area contributed by atoms with E-state index in [4.69, 9.17) is 9.72 Å².